The van der Waals surface area contributed by atoms with Crippen LogP contribution in [0.5, 0.6) is 0 Å². The molecule has 0 aromatic rings. The number of rotatable bonds is 4. The van der Waals surface area contributed by atoms with Crippen LogP contribution in [0.25, 0.3) is 0 Å². The number of hydrogen-bond donors (Lipinski definition) is 0. The average molecular weight is 220 g/mol. The van der Waals surface area contributed by atoms with Crippen molar-refractivity contribution in [2.24, 2.45) is 0 Å². The molecule has 0 radical (unpaired) electrons. The van der Waals surface area contributed by atoms with Gasteiger partial charge in [0, 0.05) is 13.8 Å². The van der Waals surface area contributed by atoms with E-state index in [0.717, 1.165) is 25.7 Å². The summed E-state index contributed by atoms with van der Waals surface area (Å²) in [5.74, 6) is 0. The lowest BCUT2D eigenvalue weighted by Gasteiger charge is -2.39. The van der Waals surface area contributed by atoms with Gasteiger partial charge in [-0.05, 0) is 32.6 Å². The fourth-order valence-corrected chi connectivity index (χ4v) is 4.43. The van der Waals surface area contributed by atoms with Crippen LogP contribution in [0.3, 0.4) is 0 Å². The Balaban J connectivity index is 2.81. The highest BCUT2D eigenvalue weighted by Gasteiger charge is 2.46. The van der Waals surface area contributed by atoms with E-state index in [0.29, 0.717) is 6.61 Å². The first-order valence-corrected chi connectivity index (χ1v) is 7.42. The van der Waals surface area contributed by atoms with Crippen LogP contribution < -0.4 is 0 Å². The summed E-state index contributed by atoms with van der Waals surface area (Å²) in [5.41, 5.74) is 0. The van der Waals surface area contributed by atoms with Crippen molar-refractivity contribution < 1.29 is 13.8 Å². The smallest absolute Gasteiger partial charge is 0.230 e. The van der Waals surface area contributed by atoms with Crippen LogP contribution in [0, 0.1) is 0 Å². The maximum absolute atomic E-state index is 12.4. The number of hydrogen-bond acceptors (Lipinski definition) is 3. The van der Waals surface area contributed by atoms with Crippen LogP contribution >= 0.6 is 7.37 Å². The van der Waals surface area contributed by atoms with Crippen molar-refractivity contribution in [2.45, 2.75) is 44.4 Å². The van der Waals surface area contributed by atoms with Gasteiger partial charge in [0.25, 0.3) is 0 Å². The fraction of sp³-hybridized carbons (Fsp3) is 1.00. The first-order valence-electron chi connectivity index (χ1n) is 5.35. The van der Waals surface area contributed by atoms with Crippen LogP contribution in [0.1, 0.15) is 39.0 Å². The van der Waals surface area contributed by atoms with Gasteiger partial charge in [0.2, 0.25) is 7.37 Å². The van der Waals surface area contributed by atoms with E-state index in [9.17, 15) is 4.57 Å². The minimum absolute atomic E-state index is 0.499. The van der Waals surface area contributed by atoms with Gasteiger partial charge in [-0.25, -0.2) is 0 Å². The second kappa shape index (κ2) is 4.78. The first-order chi connectivity index (χ1) is 6.58. The van der Waals surface area contributed by atoms with Crippen molar-refractivity contribution in [3.63, 3.8) is 0 Å². The van der Waals surface area contributed by atoms with Gasteiger partial charge in [-0.3, -0.25) is 4.57 Å². The monoisotopic (exact) mass is 220 g/mol. The largest absolute Gasteiger partial charge is 0.368 e. The van der Waals surface area contributed by atoms with Gasteiger partial charge in [0.15, 0.2) is 0 Å². The molecule has 1 saturated carbocycles. The molecule has 1 unspecified atom stereocenters. The second-order valence-electron chi connectivity index (χ2n) is 3.97. The Morgan fingerprint density at radius 2 is 1.86 bits per heavy atom. The van der Waals surface area contributed by atoms with Crippen molar-refractivity contribution in [3.05, 3.63) is 0 Å². The van der Waals surface area contributed by atoms with Gasteiger partial charge in [-0.15, -0.1) is 0 Å². The van der Waals surface area contributed by atoms with Gasteiger partial charge in [-0.1, -0.05) is 6.42 Å². The molecule has 0 aromatic carbocycles. The molecule has 0 heterocycles. The molecule has 0 spiro atoms. The van der Waals surface area contributed by atoms with Crippen LogP contribution in [0.15, 0.2) is 0 Å². The first kappa shape index (κ1) is 12.2. The Bertz CT molecular complexity index is 221. The van der Waals surface area contributed by atoms with Crippen molar-refractivity contribution in [2.75, 3.05) is 20.4 Å². The third-order valence-corrected chi connectivity index (χ3v) is 5.99. The Hall–Kier alpha value is 0.150. The summed E-state index contributed by atoms with van der Waals surface area (Å²) >= 11 is 0. The van der Waals surface area contributed by atoms with E-state index < -0.39 is 12.7 Å². The van der Waals surface area contributed by atoms with Gasteiger partial charge < -0.3 is 9.26 Å². The summed E-state index contributed by atoms with van der Waals surface area (Å²) in [6, 6.07) is 0. The summed E-state index contributed by atoms with van der Waals surface area (Å²) in [7, 11) is -0.968. The summed E-state index contributed by atoms with van der Waals surface area (Å²) in [6.07, 6.45) is 5.16. The van der Waals surface area contributed by atoms with Crippen LogP contribution in [0.2, 0.25) is 0 Å². The SMILES string of the molecule is CCOP(C)(=O)C1(OC)CCCCC1. The molecule has 0 saturated heterocycles. The highest BCUT2D eigenvalue weighted by Crippen LogP contribution is 2.61. The normalized spacial score (nSPS) is 25.6. The van der Waals surface area contributed by atoms with E-state index in [1.54, 1.807) is 13.8 Å². The van der Waals surface area contributed by atoms with E-state index in [1.165, 1.54) is 6.42 Å². The molecule has 4 heteroatoms. The van der Waals surface area contributed by atoms with E-state index in [2.05, 4.69) is 0 Å². The minimum atomic E-state index is -2.62. The summed E-state index contributed by atoms with van der Waals surface area (Å²) < 4.78 is 23.3. The summed E-state index contributed by atoms with van der Waals surface area (Å²) in [4.78, 5) is 0. The molecule has 14 heavy (non-hydrogen) atoms. The molecule has 1 aliphatic rings. The van der Waals surface area contributed by atoms with E-state index in [-0.39, 0.29) is 0 Å². The van der Waals surface area contributed by atoms with Crippen LogP contribution in [-0.2, 0) is 13.8 Å². The summed E-state index contributed by atoms with van der Waals surface area (Å²) in [5, 5.41) is -0.499. The molecule has 1 aliphatic carbocycles. The fourth-order valence-electron chi connectivity index (χ4n) is 2.24. The van der Waals surface area contributed by atoms with E-state index >= 15 is 0 Å². The molecule has 1 atom stereocenters. The lowest BCUT2D eigenvalue weighted by atomic mass is 9.97. The Labute approximate surface area is 86.6 Å². The molecule has 0 aromatic heterocycles. The lowest BCUT2D eigenvalue weighted by Crippen LogP contribution is -2.34. The van der Waals surface area contributed by atoms with Crippen molar-refractivity contribution in [3.8, 4) is 0 Å². The van der Waals surface area contributed by atoms with Crippen molar-refractivity contribution >= 4 is 7.37 Å². The molecule has 84 valence electrons. The zero-order chi connectivity index (χ0) is 10.7. The van der Waals surface area contributed by atoms with Gasteiger partial charge in [0.05, 0.1) is 6.61 Å². The average Bonchev–Trinajstić information content (AvgIpc) is 2.18. The summed E-state index contributed by atoms with van der Waals surface area (Å²) in [6.45, 7) is 4.09. The predicted octanol–water partition coefficient (Wildman–Crippen LogP) is 3.24. The predicted molar refractivity (Wildman–Crippen MR) is 58.0 cm³/mol. The molecule has 0 amide bonds. The van der Waals surface area contributed by atoms with E-state index in [4.69, 9.17) is 9.26 Å². The molecule has 0 aliphatic heterocycles. The zero-order valence-corrected chi connectivity index (χ0v) is 10.3. The lowest BCUT2D eigenvalue weighted by molar-refractivity contribution is 0.0171. The topological polar surface area (TPSA) is 35.5 Å². The van der Waals surface area contributed by atoms with Crippen LogP contribution in [0.4, 0.5) is 0 Å². The molecule has 1 rings (SSSR count). The zero-order valence-electron chi connectivity index (χ0n) is 9.41. The highest BCUT2D eigenvalue weighted by atomic mass is 31.2. The molecule has 0 bridgehead atoms. The molecular weight excluding hydrogens is 199 g/mol. The Morgan fingerprint density at radius 3 is 2.29 bits per heavy atom. The van der Waals surface area contributed by atoms with Gasteiger partial charge in [0.1, 0.15) is 5.34 Å². The van der Waals surface area contributed by atoms with Crippen molar-refractivity contribution in [1.82, 2.24) is 0 Å². The van der Waals surface area contributed by atoms with Gasteiger partial charge >= 0.3 is 0 Å². The third-order valence-electron chi connectivity index (χ3n) is 3.13. The maximum atomic E-state index is 12.4. The maximum Gasteiger partial charge on any atom is 0.230 e. The van der Waals surface area contributed by atoms with Crippen molar-refractivity contribution in [1.29, 1.82) is 0 Å². The number of methoxy groups -OCH3 is 1. The van der Waals surface area contributed by atoms with E-state index in [1.807, 2.05) is 6.92 Å². The minimum Gasteiger partial charge on any atom is -0.368 e. The van der Waals surface area contributed by atoms with Crippen LogP contribution in [-0.4, -0.2) is 25.7 Å². The third kappa shape index (κ3) is 2.21. The number of ether oxygens (including phenoxy) is 1. The highest BCUT2D eigenvalue weighted by molar-refractivity contribution is 7.59. The molecule has 1 fully saturated rings. The molecular formula is C10H21O3P. The molecule has 3 nitrogen and oxygen atoms in total. The standard InChI is InChI=1S/C10H21O3P/c1-4-13-14(3,11)10(12-2)8-6-5-7-9-10/h4-9H2,1-3H3. The van der Waals surface area contributed by atoms with Gasteiger partial charge in [-0.2, -0.15) is 0 Å². The molecule has 0 N–H and O–H groups in total. The Kier molecular flexibility index (Phi) is 4.17. The second-order valence-corrected chi connectivity index (χ2v) is 6.74. The quantitative estimate of drug-likeness (QED) is 0.682. The Morgan fingerprint density at radius 1 is 1.29 bits per heavy atom.